The van der Waals surface area contributed by atoms with Gasteiger partial charge in [-0.15, -0.1) is 11.8 Å². The van der Waals surface area contributed by atoms with Crippen LogP contribution in [-0.2, 0) is 17.9 Å². The van der Waals surface area contributed by atoms with Crippen molar-refractivity contribution in [1.82, 2.24) is 19.3 Å². The van der Waals surface area contributed by atoms with Gasteiger partial charge in [0.2, 0.25) is 5.91 Å². The zero-order valence-electron chi connectivity index (χ0n) is 18.0. The van der Waals surface area contributed by atoms with Crippen molar-refractivity contribution >= 4 is 46.2 Å². The van der Waals surface area contributed by atoms with Crippen LogP contribution in [0, 0.1) is 6.92 Å². The zero-order chi connectivity index (χ0) is 22.7. The smallest absolute Gasteiger partial charge is 0.280 e. The molecule has 10 heteroatoms. The fraction of sp³-hybridized carbons (Fsp3) is 0.273. The molecule has 32 heavy (non-hydrogen) atoms. The largest absolute Gasteiger partial charge is 0.467 e. The molecule has 0 unspecified atom stereocenters. The van der Waals surface area contributed by atoms with Crippen LogP contribution in [0.2, 0.25) is 0 Å². The molecular formula is C22H23N5O3S2. The molecule has 0 aliphatic rings. The molecule has 0 aliphatic heterocycles. The molecular weight excluding hydrogens is 446 g/mol. The van der Waals surface area contributed by atoms with Crippen LogP contribution in [0.15, 0.2) is 61.9 Å². The van der Waals surface area contributed by atoms with E-state index in [-0.39, 0.29) is 23.8 Å². The average Bonchev–Trinajstić information content (AvgIpc) is 3.42. The van der Waals surface area contributed by atoms with Gasteiger partial charge in [0.05, 0.1) is 24.3 Å². The number of fused-ring (bicyclic) bond motifs is 1. The topological polar surface area (TPSA) is 95.0 Å². The molecule has 3 aromatic heterocycles. The zero-order valence-corrected chi connectivity index (χ0v) is 19.6. The van der Waals surface area contributed by atoms with Crippen LogP contribution in [0.25, 0.3) is 11.0 Å². The van der Waals surface area contributed by atoms with E-state index in [0.717, 1.165) is 10.6 Å². The standard InChI is InChI=1S/C22H23N5O3S2/c1-4-27-20-19(14(2)25-27)24-22(26(21(20)29)12-16-8-6-10-30-16)32-13-18(28)23-15-7-5-9-17(11-15)31-3/h5-11H,4,12-13H2,1-3H3,(H,23,28). The third kappa shape index (κ3) is 4.61. The highest BCUT2D eigenvalue weighted by Gasteiger charge is 2.19. The number of aromatic nitrogens is 4. The normalized spacial score (nSPS) is 11.2. The number of amides is 1. The summed E-state index contributed by atoms with van der Waals surface area (Å²) in [5, 5.41) is 7.80. The summed E-state index contributed by atoms with van der Waals surface area (Å²) >= 11 is 2.83. The van der Waals surface area contributed by atoms with Gasteiger partial charge in [-0.25, -0.2) is 4.98 Å². The molecule has 0 saturated heterocycles. The Morgan fingerprint density at radius 2 is 2.09 bits per heavy atom. The third-order valence-corrected chi connectivity index (χ3v) is 6.56. The predicted molar refractivity (Wildman–Crippen MR) is 128 cm³/mol. The first-order chi connectivity index (χ1) is 15.5. The minimum atomic E-state index is -0.204. The van der Waals surface area contributed by atoms with E-state index >= 15 is 0 Å². The summed E-state index contributed by atoms with van der Waals surface area (Å²) in [4.78, 5) is 31.7. The summed E-state index contributed by atoms with van der Waals surface area (Å²) in [6.45, 7) is 4.55. The molecule has 0 aliphatic carbocycles. The van der Waals surface area contributed by atoms with E-state index in [2.05, 4.69) is 10.4 Å². The number of thioether (sulfide) groups is 2. The van der Waals surface area contributed by atoms with Gasteiger partial charge in [-0.05, 0) is 50.4 Å². The second-order valence-corrected chi connectivity index (χ2v) is 8.85. The Labute approximate surface area is 193 Å². The van der Waals surface area contributed by atoms with E-state index in [0.29, 0.717) is 34.2 Å². The lowest BCUT2D eigenvalue weighted by atomic mass is 10.3. The first-order valence-corrected chi connectivity index (χ1v) is 12.3. The molecule has 4 rings (SSSR count). The van der Waals surface area contributed by atoms with Gasteiger partial charge in [-0.1, -0.05) is 17.8 Å². The fourth-order valence-electron chi connectivity index (χ4n) is 3.35. The van der Waals surface area contributed by atoms with Gasteiger partial charge < -0.3 is 9.73 Å². The second-order valence-electron chi connectivity index (χ2n) is 7.03. The van der Waals surface area contributed by atoms with Crippen LogP contribution in [-0.4, -0.2) is 37.2 Å². The third-order valence-electron chi connectivity index (χ3n) is 4.86. The van der Waals surface area contributed by atoms with E-state index in [4.69, 9.17) is 9.40 Å². The summed E-state index contributed by atoms with van der Waals surface area (Å²) < 4.78 is 8.65. The Balaban J connectivity index is 1.63. The van der Waals surface area contributed by atoms with Gasteiger partial charge in [0.25, 0.3) is 5.56 Å². The molecule has 1 N–H and O–H groups in total. The Morgan fingerprint density at radius 1 is 1.25 bits per heavy atom. The molecule has 1 aromatic carbocycles. The minimum absolute atomic E-state index is 0.112. The summed E-state index contributed by atoms with van der Waals surface area (Å²) in [6.07, 6.45) is 3.55. The molecule has 0 atom stereocenters. The summed E-state index contributed by atoms with van der Waals surface area (Å²) in [7, 11) is 0. The number of carbonyl (C=O) groups excluding carboxylic acids is 1. The van der Waals surface area contributed by atoms with Gasteiger partial charge in [0, 0.05) is 17.1 Å². The monoisotopic (exact) mass is 469 g/mol. The Morgan fingerprint density at radius 3 is 2.81 bits per heavy atom. The lowest BCUT2D eigenvalue weighted by molar-refractivity contribution is -0.113. The highest BCUT2D eigenvalue weighted by Crippen LogP contribution is 2.22. The second kappa shape index (κ2) is 9.66. The number of hydrogen-bond donors (Lipinski definition) is 1. The molecule has 0 spiro atoms. The maximum absolute atomic E-state index is 13.4. The van der Waals surface area contributed by atoms with Crippen molar-refractivity contribution in [2.75, 3.05) is 17.3 Å². The molecule has 0 saturated carbocycles. The predicted octanol–water partition coefficient (Wildman–Crippen LogP) is 4.02. The molecule has 0 bridgehead atoms. The minimum Gasteiger partial charge on any atom is -0.467 e. The number of carbonyl (C=O) groups is 1. The van der Waals surface area contributed by atoms with Crippen LogP contribution < -0.4 is 10.9 Å². The highest BCUT2D eigenvalue weighted by molar-refractivity contribution is 7.99. The summed E-state index contributed by atoms with van der Waals surface area (Å²) in [5.41, 5.74) is 2.23. The van der Waals surface area contributed by atoms with Crippen LogP contribution in [0.3, 0.4) is 0 Å². The molecule has 4 aromatic rings. The highest BCUT2D eigenvalue weighted by atomic mass is 32.2. The van der Waals surface area contributed by atoms with Crippen LogP contribution in [0.4, 0.5) is 5.69 Å². The van der Waals surface area contributed by atoms with Crippen molar-refractivity contribution in [3.8, 4) is 0 Å². The van der Waals surface area contributed by atoms with Gasteiger partial charge in [0.15, 0.2) is 10.7 Å². The summed E-state index contributed by atoms with van der Waals surface area (Å²) in [5.74, 6) is 0.571. The number of nitrogens with one attached hydrogen (secondary N) is 1. The molecule has 0 fully saturated rings. The fourth-order valence-corrected chi connectivity index (χ4v) is 4.60. The number of anilines is 1. The first kappa shape index (κ1) is 22.2. The lowest BCUT2D eigenvalue weighted by Crippen LogP contribution is -2.26. The van der Waals surface area contributed by atoms with E-state index in [1.807, 2.05) is 44.4 Å². The van der Waals surface area contributed by atoms with E-state index in [1.54, 1.807) is 39.4 Å². The lowest BCUT2D eigenvalue weighted by Gasteiger charge is -2.12. The molecule has 166 valence electrons. The van der Waals surface area contributed by atoms with Crippen LogP contribution in [0.5, 0.6) is 0 Å². The number of aryl methyl sites for hydroxylation is 2. The quantitative estimate of drug-likeness (QED) is 0.308. The van der Waals surface area contributed by atoms with Crippen molar-refractivity contribution in [3.05, 3.63) is 64.5 Å². The maximum Gasteiger partial charge on any atom is 0.280 e. The van der Waals surface area contributed by atoms with Crippen molar-refractivity contribution in [2.24, 2.45) is 0 Å². The Kier molecular flexibility index (Phi) is 6.71. The van der Waals surface area contributed by atoms with Crippen molar-refractivity contribution < 1.29 is 9.21 Å². The van der Waals surface area contributed by atoms with Gasteiger partial charge in [-0.2, -0.15) is 5.10 Å². The van der Waals surface area contributed by atoms with Crippen molar-refractivity contribution in [3.63, 3.8) is 0 Å². The molecule has 3 heterocycles. The Bertz CT molecular complexity index is 1310. The number of benzene rings is 1. The van der Waals surface area contributed by atoms with Crippen LogP contribution >= 0.6 is 23.5 Å². The first-order valence-electron chi connectivity index (χ1n) is 10.1. The van der Waals surface area contributed by atoms with E-state index < -0.39 is 0 Å². The van der Waals surface area contributed by atoms with Gasteiger partial charge >= 0.3 is 0 Å². The maximum atomic E-state index is 13.4. The van der Waals surface area contributed by atoms with E-state index in [1.165, 1.54) is 11.8 Å². The average molecular weight is 470 g/mol. The molecule has 8 nitrogen and oxygen atoms in total. The number of nitrogens with zero attached hydrogens (tertiary/aromatic N) is 4. The number of rotatable bonds is 8. The number of furan rings is 1. The van der Waals surface area contributed by atoms with E-state index in [9.17, 15) is 9.59 Å². The Hall–Kier alpha value is -2.98. The molecule has 0 radical (unpaired) electrons. The SMILES string of the molecule is CCn1nc(C)c2nc(SCC(=O)Nc3cccc(SC)c3)n(Cc3ccco3)c(=O)c21. The summed E-state index contributed by atoms with van der Waals surface area (Å²) in [6, 6.07) is 11.2. The van der Waals surface area contributed by atoms with Crippen molar-refractivity contribution in [1.29, 1.82) is 0 Å². The van der Waals surface area contributed by atoms with Gasteiger partial charge in [0.1, 0.15) is 11.3 Å². The van der Waals surface area contributed by atoms with Crippen LogP contribution in [0.1, 0.15) is 18.4 Å². The van der Waals surface area contributed by atoms with Gasteiger partial charge in [-0.3, -0.25) is 18.8 Å². The molecule has 1 amide bonds. The number of hydrogen-bond acceptors (Lipinski definition) is 7. The van der Waals surface area contributed by atoms with Crippen molar-refractivity contribution in [2.45, 2.75) is 37.0 Å².